The summed E-state index contributed by atoms with van der Waals surface area (Å²) < 4.78 is 10.3. The summed E-state index contributed by atoms with van der Waals surface area (Å²) in [6, 6.07) is 14.5. The standard InChI is InChI=1S/C19H22ClNO3/c1-23-13-11-21(12-14-24-2)18-9-5-16(6-10-18)19(22)15-3-7-17(20)8-4-15/h3-10H,11-14H2,1-2H3. The molecular formula is C19H22ClNO3. The van der Waals surface area contributed by atoms with Crippen LogP contribution in [0.4, 0.5) is 5.69 Å². The Bertz CT molecular complexity index is 633. The van der Waals surface area contributed by atoms with Crippen molar-refractivity contribution in [1.82, 2.24) is 0 Å². The van der Waals surface area contributed by atoms with Gasteiger partial charge >= 0.3 is 0 Å². The number of methoxy groups -OCH3 is 2. The molecule has 0 aliphatic rings. The normalized spacial score (nSPS) is 10.6. The summed E-state index contributed by atoms with van der Waals surface area (Å²) in [5, 5.41) is 0.619. The van der Waals surface area contributed by atoms with E-state index >= 15 is 0 Å². The average Bonchev–Trinajstić information content (AvgIpc) is 2.62. The van der Waals surface area contributed by atoms with Crippen LogP contribution in [-0.2, 0) is 9.47 Å². The zero-order valence-corrected chi connectivity index (χ0v) is 14.8. The van der Waals surface area contributed by atoms with Gasteiger partial charge in [0.1, 0.15) is 0 Å². The molecule has 2 aromatic rings. The van der Waals surface area contributed by atoms with Gasteiger partial charge in [-0.3, -0.25) is 4.79 Å². The van der Waals surface area contributed by atoms with Crippen molar-refractivity contribution < 1.29 is 14.3 Å². The smallest absolute Gasteiger partial charge is 0.193 e. The molecule has 0 aliphatic heterocycles. The van der Waals surface area contributed by atoms with Gasteiger partial charge in [0.15, 0.2) is 5.78 Å². The minimum absolute atomic E-state index is 0.0152. The molecule has 0 saturated heterocycles. The van der Waals surface area contributed by atoms with Gasteiger partial charge in [-0.2, -0.15) is 0 Å². The predicted octanol–water partition coefficient (Wildman–Crippen LogP) is 3.67. The molecule has 128 valence electrons. The van der Waals surface area contributed by atoms with Gasteiger partial charge in [-0.1, -0.05) is 11.6 Å². The Morgan fingerprint density at radius 3 is 1.79 bits per heavy atom. The van der Waals surface area contributed by atoms with Crippen LogP contribution in [0.15, 0.2) is 48.5 Å². The second kappa shape index (κ2) is 9.42. The Balaban J connectivity index is 2.12. The Morgan fingerprint density at radius 1 is 0.875 bits per heavy atom. The van der Waals surface area contributed by atoms with E-state index in [2.05, 4.69) is 4.90 Å². The summed E-state index contributed by atoms with van der Waals surface area (Å²) in [6.07, 6.45) is 0. The first-order valence-electron chi connectivity index (χ1n) is 7.79. The van der Waals surface area contributed by atoms with Gasteiger partial charge in [0.2, 0.25) is 0 Å². The minimum Gasteiger partial charge on any atom is -0.383 e. The molecule has 5 heteroatoms. The summed E-state index contributed by atoms with van der Waals surface area (Å²) in [5.41, 5.74) is 2.32. The number of ketones is 1. The van der Waals surface area contributed by atoms with Crippen molar-refractivity contribution in [3.8, 4) is 0 Å². The molecule has 0 heterocycles. The van der Waals surface area contributed by atoms with Crippen LogP contribution in [0.5, 0.6) is 0 Å². The third-order valence-electron chi connectivity index (χ3n) is 3.73. The molecule has 0 bridgehead atoms. The quantitative estimate of drug-likeness (QED) is 0.649. The molecule has 4 nitrogen and oxygen atoms in total. The van der Waals surface area contributed by atoms with E-state index in [4.69, 9.17) is 21.1 Å². The van der Waals surface area contributed by atoms with Crippen molar-refractivity contribution in [3.05, 3.63) is 64.7 Å². The molecule has 2 rings (SSSR count). The Hall–Kier alpha value is -1.88. The molecule has 0 atom stereocenters. The van der Waals surface area contributed by atoms with Crippen LogP contribution in [-0.4, -0.2) is 46.3 Å². The van der Waals surface area contributed by atoms with Crippen LogP contribution < -0.4 is 4.90 Å². The maximum Gasteiger partial charge on any atom is 0.193 e. The second-order valence-electron chi connectivity index (χ2n) is 5.36. The van der Waals surface area contributed by atoms with Crippen LogP contribution >= 0.6 is 11.6 Å². The first-order valence-corrected chi connectivity index (χ1v) is 8.16. The van der Waals surface area contributed by atoms with Crippen molar-refractivity contribution in [2.45, 2.75) is 0 Å². The number of carbonyl (C=O) groups is 1. The highest BCUT2D eigenvalue weighted by molar-refractivity contribution is 6.30. The molecule has 0 fully saturated rings. The number of carbonyl (C=O) groups excluding carboxylic acids is 1. The fourth-order valence-corrected chi connectivity index (χ4v) is 2.49. The summed E-state index contributed by atoms with van der Waals surface area (Å²) in [6.45, 7) is 2.80. The van der Waals surface area contributed by atoms with E-state index in [9.17, 15) is 4.79 Å². The first kappa shape index (κ1) is 18.5. The van der Waals surface area contributed by atoms with Crippen molar-refractivity contribution in [3.63, 3.8) is 0 Å². The topological polar surface area (TPSA) is 38.8 Å². The number of ether oxygens (including phenoxy) is 2. The second-order valence-corrected chi connectivity index (χ2v) is 5.79. The number of rotatable bonds is 9. The molecular weight excluding hydrogens is 326 g/mol. The number of benzene rings is 2. The Kier molecular flexibility index (Phi) is 7.25. The summed E-state index contributed by atoms with van der Waals surface area (Å²) >= 11 is 5.86. The van der Waals surface area contributed by atoms with E-state index in [1.54, 1.807) is 38.5 Å². The first-order chi connectivity index (χ1) is 11.7. The largest absolute Gasteiger partial charge is 0.383 e. The SMILES string of the molecule is COCCN(CCOC)c1ccc(C(=O)c2ccc(Cl)cc2)cc1. The maximum absolute atomic E-state index is 12.5. The molecule has 0 aromatic heterocycles. The summed E-state index contributed by atoms with van der Waals surface area (Å²) in [5.74, 6) is -0.0152. The van der Waals surface area contributed by atoms with Crippen molar-refractivity contribution >= 4 is 23.1 Å². The summed E-state index contributed by atoms with van der Waals surface area (Å²) in [7, 11) is 3.37. The van der Waals surface area contributed by atoms with Gasteiger partial charge in [-0.25, -0.2) is 0 Å². The highest BCUT2D eigenvalue weighted by Crippen LogP contribution is 2.18. The molecule has 0 saturated carbocycles. The van der Waals surface area contributed by atoms with E-state index in [0.29, 0.717) is 29.4 Å². The summed E-state index contributed by atoms with van der Waals surface area (Å²) in [4.78, 5) is 14.7. The minimum atomic E-state index is -0.0152. The van der Waals surface area contributed by atoms with Crippen LogP contribution in [0, 0.1) is 0 Å². The molecule has 24 heavy (non-hydrogen) atoms. The van der Waals surface area contributed by atoms with Gasteiger partial charge in [0, 0.05) is 49.1 Å². The third kappa shape index (κ3) is 5.06. The van der Waals surface area contributed by atoms with Gasteiger partial charge < -0.3 is 14.4 Å². The van der Waals surface area contributed by atoms with Crippen LogP contribution in [0.2, 0.25) is 5.02 Å². The van der Waals surface area contributed by atoms with E-state index in [1.165, 1.54) is 0 Å². The molecule has 0 amide bonds. The fourth-order valence-electron chi connectivity index (χ4n) is 2.36. The van der Waals surface area contributed by atoms with Crippen LogP contribution in [0.3, 0.4) is 0 Å². The van der Waals surface area contributed by atoms with E-state index in [0.717, 1.165) is 18.8 Å². The monoisotopic (exact) mass is 347 g/mol. The lowest BCUT2D eigenvalue weighted by Crippen LogP contribution is -2.30. The molecule has 0 spiro atoms. The lowest BCUT2D eigenvalue weighted by Gasteiger charge is -2.24. The number of hydrogen-bond donors (Lipinski definition) is 0. The lowest BCUT2D eigenvalue weighted by atomic mass is 10.0. The molecule has 0 N–H and O–H groups in total. The molecule has 2 aromatic carbocycles. The third-order valence-corrected chi connectivity index (χ3v) is 3.98. The van der Waals surface area contributed by atoms with E-state index in [1.807, 2.05) is 24.3 Å². The van der Waals surface area contributed by atoms with E-state index in [-0.39, 0.29) is 5.78 Å². The Labute approximate surface area is 147 Å². The zero-order valence-electron chi connectivity index (χ0n) is 14.0. The van der Waals surface area contributed by atoms with Gasteiger partial charge in [0.25, 0.3) is 0 Å². The fraction of sp³-hybridized carbons (Fsp3) is 0.316. The van der Waals surface area contributed by atoms with E-state index < -0.39 is 0 Å². The maximum atomic E-state index is 12.5. The predicted molar refractivity (Wildman–Crippen MR) is 97.3 cm³/mol. The van der Waals surface area contributed by atoms with Crippen LogP contribution in [0.25, 0.3) is 0 Å². The highest BCUT2D eigenvalue weighted by atomic mass is 35.5. The average molecular weight is 348 g/mol. The van der Waals surface area contributed by atoms with Gasteiger partial charge in [0.05, 0.1) is 13.2 Å². The number of nitrogens with zero attached hydrogens (tertiary/aromatic N) is 1. The van der Waals surface area contributed by atoms with Gasteiger partial charge in [-0.15, -0.1) is 0 Å². The van der Waals surface area contributed by atoms with Crippen molar-refractivity contribution in [2.24, 2.45) is 0 Å². The lowest BCUT2D eigenvalue weighted by molar-refractivity contribution is 0.103. The van der Waals surface area contributed by atoms with Gasteiger partial charge in [-0.05, 0) is 48.5 Å². The number of halogens is 1. The number of anilines is 1. The highest BCUT2D eigenvalue weighted by Gasteiger charge is 2.11. The Morgan fingerprint density at radius 2 is 1.33 bits per heavy atom. The number of hydrogen-bond acceptors (Lipinski definition) is 4. The molecule has 0 aliphatic carbocycles. The molecule has 0 unspecified atom stereocenters. The van der Waals surface area contributed by atoms with Crippen molar-refractivity contribution in [1.29, 1.82) is 0 Å². The zero-order chi connectivity index (χ0) is 17.4. The van der Waals surface area contributed by atoms with Crippen molar-refractivity contribution in [2.75, 3.05) is 45.4 Å². The molecule has 0 radical (unpaired) electrons. The van der Waals surface area contributed by atoms with Crippen LogP contribution in [0.1, 0.15) is 15.9 Å².